The highest BCUT2D eigenvalue weighted by atomic mass is 16.2. The molecule has 5 nitrogen and oxygen atoms in total. The summed E-state index contributed by atoms with van der Waals surface area (Å²) in [7, 11) is 0. The fourth-order valence-electron chi connectivity index (χ4n) is 2.06. The van der Waals surface area contributed by atoms with Crippen LogP contribution in [-0.4, -0.2) is 35.3 Å². The Bertz CT molecular complexity index is 393. The number of nitriles is 1. The quantitative estimate of drug-likeness (QED) is 0.716. The second kappa shape index (κ2) is 4.11. The van der Waals surface area contributed by atoms with Crippen LogP contribution in [0.5, 0.6) is 0 Å². The molecular formula is C12H17N3O2. The summed E-state index contributed by atoms with van der Waals surface area (Å²) in [4.78, 5) is 24.9. The van der Waals surface area contributed by atoms with Gasteiger partial charge in [0.25, 0.3) is 0 Å². The first-order chi connectivity index (χ1) is 7.94. The summed E-state index contributed by atoms with van der Waals surface area (Å²) in [5.41, 5.74) is -0.614. The van der Waals surface area contributed by atoms with E-state index in [1.165, 1.54) is 4.90 Å². The lowest BCUT2D eigenvalue weighted by Gasteiger charge is -2.20. The van der Waals surface area contributed by atoms with Crippen molar-refractivity contribution >= 4 is 11.8 Å². The summed E-state index contributed by atoms with van der Waals surface area (Å²) >= 11 is 0. The number of imide groups is 1. The molecular weight excluding hydrogens is 218 g/mol. The van der Waals surface area contributed by atoms with Crippen molar-refractivity contribution in [3.63, 3.8) is 0 Å². The molecule has 0 spiro atoms. The maximum atomic E-state index is 12.0. The number of carbonyl (C=O) groups is 2. The summed E-state index contributed by atoms with van der Waals surface area (Å²) in [5, 5.41) is 12.1. The highest BCUT2D eigenvalue weighted by molar-refractivity contribution is 6.05. The van der Waals surface area contributed by atoms with Gasteiger partial charge in [0.05, 0.1) is 18.0 Å². The third kappa shape index (κ3) is 2.47. The van der Waals surface area contributed by atoms with Gasteiger partial charge in [0.2, 0.25) is 11.8 Å². The van der Waals surface area contributed by atoms with Gasteiger partial charge in [-0.05, 0) is 12.8 Å². The zero-order valence-electron chi connectivity index (χ0n) is 10.2. The van der Waals surface area contributed by atoms with E-state index < -0.39 is 11.5 Å². The number of rotatable bonds is 4. The van der Waals surface area contributed by atoms with E-state index in [0.29, 0.717) is 6.04 Å². The van der Waals surface area contributed by atoms with Crippen LogP contribution in [-0.2, 0) is 9.59 Å². The minimum atomic E-state index is -0.614. The van der Waals surface area contributed by atoms with Crippen LogP contribution in [0.15, 0.2) is 0 Å². The smallest absolute Gasteiger partial charge is 0.235 e. The van der Waals surface area contributed by atoms with Crippen LogP contribution < -0.4 is 5.32 Å². The maximum Gasteiger partial charge on any atom is 0.235 e. The fourth-order valence-corrected chi connectivity index (χ4v) is 2.06. The predicted octanol–water partition coefficient (Wildman–Crippen LogP) is 0.416. The van der Waals surface area contributed by atoms with Crippen LogP contribution in [0.1, 0.15) is 33.1 Å². The number of likely N-dealkylation sites (tertiary alicyclic amines) is 1. The summed E-state index contributed by atoms with van der Waals surface area (Å²) in [5.74, 6) is -0.335. The molecule has 1 heterocycles. The van der Waals surface area contributed by atoms with Crippen LogP contribution in [0.2, 0.25) is 0 Å². The van der Waals surface area contributed by atoms with Crippen molar-refractivity contribution < 1.29 is 9.59 Å². The van der Waals surface area contributed by atoms with Gasteiger partial charge in [-0.25, -0.2) is 0 Å². The molecule has 0 bridgehead atoms. The van der Waals surface area contributed by atoms with Crippen molar-refractivity contribution in [1.82, 2.24) is 10.2 Å². The lowest BCUT2D eigenvalue weighted by Crippen LogP contribution is -2.44. The van der Waals surface area contributed by atoms with E-state index >= 15 is 0 Å². The molecule has 0 aromatic heterocycles. The van der Waals surface area contributed by atoms with Gasteiger partial charge in [0, 0.05) is 12.5 Å². The first kappa shape index (κ1) is 12.1. The van der Waals surface area contributed by atoms with E-state index in [4.69, 9.17) is 5.26 Å². The second-order valence-electron chi connectivity index (χ2n) is 5.49. The van der Waals surface area contributed by atoms with Gasteiger partial charge in [-0.2, -0.15) is 5.26 Å². The van der Waals surface area contributed by atoms with Crippen LogP contribution >= 0.6 is 0 Å². The van der Waals surface area contributed by atoms with Crippen molar-refractivity contribution in [2.24, 2.45) is 5.41 Å². The first-order valence-electron chi connectivity index (χ1n) is 5.94. The third-order valence-electron chi connectivity index (χ3n) is 3.25. The average Bonchev–Trinajstić information content (AvgIpc) is 3.02. The molecule has 17 heavy (non-hydrogen) atoms. The molecule has 0 radical (unpaired) electrons. The molecule has 2 rings (SSSR count). The molecule has 1 unspecified atom stereocenters. The molecule has 0 aromatic rings. The number of hydrogen-bond acceptors (Lipinski definition) is 4. The van der Waals surface area contributed by atoms with E-state index in [1.54, 1.807) is 13.8 Å². The fraction of sp³-hybridized carbons (Fsp3) is 0.750. The molecule has 92 valence electrons. The molecule has 0 aromatic carbocycles. The first-order valence-corrected chi connectivity index (χ1v) is 5.94. The Kier molecular flexibility index (Phi) is 2.92. The normalized spacial score (nSPS) is 24.9. The van der Waals surface area contributed by atoms with Crippen molar-refractivity contribution in [1.29, 1.82) is 5.26 Å². The van der Waals surface area contributed by atoms with Crippen molar-refractivity contribution in [2.75, 3.05) is 6.54 Å². The molecule has 2 amide bonds. The van der Waals surface area contributed by atoms with E-state index in [0.717, 1.165) is 12.8 Å². The topological polar surface area (TPSA) is 73.2 Å². The third-order valence-corrected chi connectivity index (χ3v) is 3.25. The number of nitrogens with one attached hydrogen (secondary N) is 1. The Balaban J connectivity index is 2.00. The molecule has 1 aliphatic heterocycles. The van der Waals surface area contributed by atoms with Gasteiger partial charge in [0.1, 0.15) is 6.04 Å². The Labute approximate surface area is 101 Å². The predicted molar refractivity (Wildman–Crippen MR) is 60.7 cm³/mol. The monoisotopic (exact) mass is 235 g/mol. The van der Waals surface area contributed by atoms with Crippen molar-refractivity contribution in [3.05, 3.63) is 0 Å². The van der Waals surface area contributed by atoms with E-state index in [1.807, 2.05) is 0 Å². The number of amides is 2. The zero-order chi connectivity index (χ0) is 12.6. The molecule has 1 saturated carbocycles. The minimum absolute atomic E-state index is 0.166. The van der Waals surface area contributed by atoms with Gasteiger partial charge in [-0.15, -0.1) is 0 Å². The maximum absolute atomic E-state index is 12.0. The van der Waals surface area contributed by atoms with Gasteiger partial charge in [0.15, 0.2) is 0 Å². The number of hydrogen-bond donors (Lipinski definition) is 1. The highest BCUT2D eigenvalue weighted by Gasteiger charge is 2.45. The number of carbonyl (C=O) groups excluding carboxylic acids is 2. The lowest BCUT2D eigenvalue weighted by molar-refractivity contribution is -0.141. The van der Waals surface area contributed by atoms with Crippen molar-refractivity contribution in [2.45, 2.75) is 45.2 Å². The van der Waals surface area contributed by atoms with Crippen LogP contribution in [0, 0.1) is 16.7 Å². The van der Waals surface area contributed by atoms with Crippen LogP contribution in [0.25, 0.3) is 0 Å². The average molecular weight is 235 g/mol. The summed E-state index contributed by atoms with van der Waals surface area (Å²) < 4.78 is 0. The van der Waals surface area contributed by atoms with E-state index in [2.05, 4.69) is 11.4 Å². The minimum Gasteiger partial charge on any atom is -0.298 e. The van der Waals surface area contributed by atoms with Crippen LogP contribution in [0.3, 0.4) is 0 Å². The second-order valence-corrected chi connectivity index (χ2v) is 5.49. The van der Waals surface area contributed by atoms with E-state index in [-0.39, 0.29) is 24.8 Å². The molecule has 5 heteroatoms. The molecule has 2 fully saturated rings. The largest absolute Gasteiger partial charge is 0.298 e. The van der Waals surface area contributed by atoms with E-state index in [9.17, 15) is 9.59 Å². The Morgan fingerprint density at radius 3 is 2.59 bits per heavy atom. The summed E-state index contributed by atoms with van der Waals surface area (Å²) in [6.45, 7) is 3.71. The Morgan fingerprint density at radius 1 is 1.53 bits per heavy atom. The lowest BCUT2D eigenvalue weighted by atomic mass is 9.92. The van der Waals surface area contributed by atoms with Crippen LogP contribution in [0.4, 0.5) is 0 Å². The SMILES string of the molecule is CC1(C)CC(=O)N(CC(C#N)NC2CC2)C1=O. The van der Waals surface area contributed by atoms with Gasteiger partial charge in [-0.3, -0.25) is 19.8 Å². The molecule has 1 saturated heterocycles. The Hall–Kier alpha value is -1.41. The molecule has 2 aliphatic rings. The standard InChI is InChI=1S/C12H17N3O2/c1-12(2)5-10(16)15(11(12)17)7-9(6-13)14-8-3-4-8/h8-9,14H,3-5,7H2,1-2H3. The Morgan fingerprint density at radius 2 is 2.18 bits per heavy atom. The molecule has 1 aliphatic carbocycles. The number of nitrogens with zero attached hydrogens (tertiary/aromatic N) is 2. The van der Waals surface area contributed by atoms with Gasteiger partial charge in [-0.1, -0.05) is 13.8 Å². The summed E-state index contributed by atoms with van der Waals surface area (Å²) in [6, 6.07) is 2.06. The molecule has 1 N–H and O–H groups in total. The van der Waals surface area contributed by atoms with Gasteiger partial charge >= 0.3 is 0 Å². The van der Waals surface area contributed by atoms with Gasteiger partial charge < -0.3 is 0 Å². The van der Waals surface area contributed by atoms with Crippen molar-refractivity contribution in [3.8, 4) is 6.07 Å². The zero-order valence-corrected chi connectivity index (χ0v) is 10.2. The highest BCUT2D eigenvalue weighted by Crippen LogP contribution is 2.31. The summed E-state index contributed by atoms with van der Waals surface area (Å²) in [6.07, 6.45) is 2.39. The molecule has 1 atom stereocenters.